The van der Waals surface area contributed by atoms with E-state index in [1.807, 2.05) is 0 Å². The summed E-state index contributed by atoms with van der Waals surface area (Å²) in [6.45, 7) is 1.03. The fourth-order valence-corrected chi connectivity index (χ4v) is 2.54. The van der Waals surface area contributed by atoms with Crippen molar-refractivity contribution in [2.24, 2.45) is 0 Å². The third kappa shape index (κ3) is 3.34. The lowest BCUT2D eigenvalue weighted by atomic mass is 10.1. The lowest BCUT2D eigenvalue weighted by Gasteiger charge is -2.09. The van der Waals surface area contributed by atoms with Crippen LogP contribution in [0.1, 0.15) is 5.56 Å². The lowest BCUT2D eigenvalue weighted by molar-refractivity contribution is -0.116. The highest BCUT2D eigenvalue weighted by Gasteiger charge is 2.13. The number of benzene rings is 2. The van der Waals surface area contributed by atoms with E-state index in [9.17, 15) is 18.8 Å². The number of nitrogens with zero attached hydrogens (tertiary/aromatic N) is 1. The van der Waals surface area contributed by atoms with Crippen LogP contribution < -0.4 is 21.3 Å². The fraction of sp³-hybridized carbons (Fsp3) is 0.167. The predicted octanol–water partition coefficient (Wildman–Crippen LogP) is 1.78. The number of rotatable bonds is 4. The van der Waals surface area contributed by atoms with Gasteiger partial charge in [0.15, 0.2) is 0 Å². The molecule has 134 valence electrons. The number of aryl methyl sites for hydroxylation is 1. The minimum atomic E-state index is -0.738. The number of hydrogen-bond acceptors (Lipinski definition) is 4. The van der Waals surface area contributed by atoms with E-state index in [-0.39, 0.29) is 10.9 Å². The van der Waals surface area contributed by atoms with Crippen LogP contribution in [0.2, 0.25) is 0 Å². The molecule has 0 spiro atoms. The van der Waals surface area contributed by atoms with Crippen LogP contribution in [0, 0.1) is 12.7 Å². The van der Waals surface area contributed by atoms with Crippen LogP contribution in [0.4, 0.5) is 10.1 Å². The second kappa shape index (κ2) is 6.83. The van der Waals surface area contributed by atoms with Gasteiger partial charge in [0, 0.05) is 5.69 Å². The number of aromatic nitrogens is 2. The summed E-state index contributed by atoms with van der Waals surface area (Å²) in [7, 11) is 1.52. The molecule has 7 nitrogen and oxygen atoms in total. The fourth-order valence-electron chi connectivity index (χ4n) is 2.54. The van der Waals surface area contributed by atoms with Crippen LogP contribution in [0.15, 0.2) is 46.0 Å². The van der Waals surface area contributed by atoms with Gasteiger partial charge in [0.1, 0.15) is 18.1 Å². The average Bonchev–Trinajstić information content (AvgIpc) is 2.61. The lowest BCUT2D eigenvalue weighted by Crippen LogP contribution is -2.38. The summed E-state index contributed by atoms with van der Waals surface area (Å²) >= 11 is 0. The number of ether oxygens (including phenoxy) is 1. The molecule has 2 aromatic carbocycles. The van der Waals surface area contributed by atoms with Crippen LogP contribution >= 0.6 is 0 Å². The summed E-state index contributed by atoms with van der Waals surface area (Å²) in [5, 5.41) is 2.59. The molecule has 0 saturated carbocycles. The van der Waals surface area contributed by atoms with Crippen LogP contribution in [0.25, 0.3) is 10.9 Å². The zero-order valence-electron chi connectivity index (χ0n) is 14.1. The summed E-state index contributed by atoms with van der Waals surface area (Å²) in [6, 6.07) is 9.02. The Hall–Kier alpha value is -3.42. The maximum atomic E-state index is 13.7. The largest absolute Gasteiger partial charge is 0.497 e. The van der Waals surface area contributed by atoms with Crippen molar-refractivity contribution in [3.63, 3.8) is 0 Å². The van der Waals surface area contributed by atoms with E-state index in [2.05, 4.69) is 10.3 Å². The smallest absolute Gasteiger partial charge is 0.329 e. The maximum Gasteiger partial charge on any atom is 0.329 e. The molecule has 0 saturated heterocycles. The van der Waals surface area contributed by atoms with E-state index in [1.54, 1.807) is 24.3 Å². The molecule has 1 heterocycles. The number of hydrogen-bond donors (Lipinski definition) is 2. The van der Waals surface area contributed by atoms with Crippen molar-refractivity contribution in [1.82, 2.24) is 9.55 Å². The van der Waals surface area contributed by atoms with Crippen LogP contribution in [-0.4, -0.2) is 22.6 Å². The van der Waals surface area contributed by atoms with Crippen molar-refractivity contribution in [2.45, 2.75) is 13.5 Å². The van der Waals surface area contributed by atoms with Gasteiger partial charge in [-0.3, -0.25) is 14.2 Å². The third-order valence-electron chi connectivity index (χ3n) is 3.94. The molecule has 26 heavy (non-hydrogen) atoms. The van der Waals surface area contributed by atoms with Gasteiger partial charge in [-0.2, -0.15) is 0 Å². The van der Waals surface area contributed by atoms with E-state index >= 15 is 0 Å². The van der Waals surface area contributed by atoms with Gasteiger partial charge in [0.25, 0.3) is 5.56 Å². The third-order valence-corrected chi connectivity index (χ3v) is 3.94. The number of H-pyrrole nitrogens is 1. The minimum absolute atomic E-state index is 0.00458. The van der Waals surface area contributed by atoms with E-state index in [0.29, 0.717) is 17.0 Å². The molecule has 0 bridgehead atoms. The highest BCUT2D eigenvalue weighted by atomic mass is 19.1. The number of amides is 1. The number of anilines is 1. The van der Waals surface area contributed by atoms with E-state index < -0.39 is 29.5 Å². The van der Waals surface area contributed by atoms with Crippen molar-refractivity contribution >= 4 is 22.5 Å². The first-order valence-electron chi connectivity index (χ1n) is 7.76. The first-order valence-corrected chi connectivity index (χ1v) is 7.76. The molecule has 3 rings (SSSR count). The van der Waals surface area contributed by atoms with Gasteiger partial charge >= 0.3 is 5.69 Å². The van der Waals surface area contributed by atoms with Crippen molar-refractivity contribution in [3.8, 4) is 5.75 Å². The van der Waals surface area contributed by atoms with Crippen molar-refractivity contribution in [3.05, 3.63) is 68.6 Å². The first-order chi connectivity index (χ1) is 12.4. The molecule has 0 aliphatic heterocycles. The number of halogens is 1. The molecular weight excluding hydrogens is 341 g/mol. The Balaban J connectivity index is 1.90. The topological polar surface area (TPSA) is 93.2 Å². The Bertz CT molecular complexity index is 1100. The van der Waals surface area contributed by atoms with Crippen LogP contribution in [0.3, 0.4) is 0 Å². The second-order valence-corrected chi connectivity index (χ2v) is 5.75. The molecule has 8 heteroatoms. The summed E-state index contributed by atoms with van der Waals surface area (Å²) in [6.07, 6.45) is 0. The van der Waals surface area contributed by atoms with Crippen molar-refractivity contribution in [2.75, 3.05) is 12.4 Å². The molecule has 0 aliphatic carbocycles. The second-order valence-electron chi connectivity index (χ2n) is 5.75. The quantitative estimate of drug-likeness (QED) is 0.744. The Morgan fingerprint density at radius 2 is 1.92 bits per heavy atom. The van der Waals surface area contributed by atoms with Gasteiger partial charge in [-0.25, -0.2) is 9.18 Å². The molecule has 0 fully saturated rings. The number of carbonyl (C=O) groups is 1. The van der Waals surface area contributed by atoms with Gasteiger partial charge in [0.2, 0.25) is 5.91 Å². The van der Waals surface area contributed by atoms with E-state index in [1.165, 1.54) is 20.1 Å². The van der Waals surface area contributed by atoms with Crippen molar-refractivity contribution in [1.29, 1.82) is 0 Å². The molecule has 0 aliphatic rings. The number of nitrogens with one attached hydrogen (secondary N) is 2. The summed E-state index contributed by atoms with van der Waals surface area (Å²) in [4.78, 5) is 39.3. The van der Waals surface area contributed by atoms with Gasteiger partial charge in [0.05, 0.1) is 18.0 Å². The molecular formula is C18H16FN3O4. The zero-order chi connectivity index (χ0) is 18.8. The number of methoxy groups -OCH3 is 1. The first kappa shape index (κ1) is 17.4. The van der Waals surface area contributed by atoms with Gasteiger partial charge in [-0.05, 0) is 48.9 Å². The molecule has 3 aromatic rings. The summed E-state index contributed by atoms with van der Waals surface area (Å²) < 4.78 is 19.5. The standard InChI is InChI=1S/C18H16FN3O4/c1-10-7-15-13(8-14(10)19)17(24)22(18(25)21-15)9-16(23)20-11-3-5-12(26-2)6-4-11/h3-8H,9H2,1-2H3,(H,20,23)(H,21,25). The van der Waals surface area contributed by atoms with Gasteiger partial charge < -0.3 is 15.0 Å². The molecule has 0 unspecified atom stereocenters. The van der Waals surface area contributed by atoms with Crippen LogP contribution in [0.5, 0.6) is 5.75 Å². The Morgan fingerprint density at radius 1 is 1.23 bits per heavy atom. The molecule has 1 amide bonds. The highest BCUT2D eigenvalue weighted by Crippen LogP contribution is 2.15. The summed E-state index contributed by atoms with van der Waals surface area (Å²) in [5.74, 6) is -0.493. The van der Waals surface area contributed by atoms with E-state index in [4.69, 9.17) is 4.74 Å². The predicted molar refractivity (Wildman–Crippen MR) is 95.1 cm³/mol. The highest BCUT2D eigenvalue weighted by molar-refractivity contribution is 5.90. The molecule has 2 N–H and O–H groups in total. The number of carbonyl (C=O) groups excluding carboxylic acids is 1. The van der Waals surface area contributed by atoms with Crippen LogP contribution in [-0.2, 0) is 11.3 Å². The average molecular weight is 357 g/mol. The molecule has 1 aromatic heterocycles. The summed E-state index contributed by atoms with van der Waals surface area (Å²) in [5.41, 5.74) is -0.443. The van der Waals surface area contributed by atoms with Gasteiger partial charge in [-0.15, -0.1) is 0 Å². The number of aromatic amines is 1. The zero-order valence-corrected chi connectivity index (χ0v) is 14.1. The Morgan fingerprint density at radius 3 is 2.58 bits per heavy atom. The Kier molecular flexibility index (Phi) is 4.57. The van der Waals surface area contributed by atoms with E-state index in [0.717, 1.165) is 10.6 Å². The maximum absolute atomic E-state index is 13.7. The number of fused-ring (bicyclic) bond motifs is 1. The van der Waals surface area contributed by atoms with Gasteiger partial charge in [-0.1, -0.05) is 0 Å². The molecule has 0 radical (unpaired) electrons. The van der Waals surface area contributed by atoms with Crippen molar-refractivity contribution < 1.29 is 13.9 Å². The minimum Gasteiger partial charge on any atom is -0.497 e. The monoisotopic (exact) mass is 357 g/mol. The SMILES string of the molecule is COc1ccc(NC(=O)Cn2c(=O)[nH]c3cc(C)c(F)cc3c2=O)cc1. The normalized spacial score (nSPS) is 10.7. The molecule has 0 atom stereocenters. The Labute approximate surface area is 147 Å².